The fourth-order valence-corrected chi connectivity index (χ4v) is 2.83. The number of nitrogens with zero attached hydrogens (tertiary/aromatic N) is 1. The third kappa shape index (κ3) is 8.54. The first-order valence-electron chi connectivity index (χ1n) is 8.59. The lowest BCUT2D eigenvalue weighted by Crippen LogP contribution is -2.40. The lowest BCUT2D eigenvalue weighted by molar-refractivity contribution is 0.0275. The van der Waals surface area contributed by atoms with Gasteiger partial charge in [0.25, 0.3) is 0 Å². The Morgan fingerprint density at radius 2 is 1.84 bits per heavy atom. The number of hydrogen-bond acceptors (Lipinski definition) is 6. The molecule has 6 heteroatoms. The van der Waals surface area contributed by atoms with E-state index in [1.54, 1.807) is 14.2 Å². The molecule has 0 aromatic heterocycles. The van der Waals surface area contributed by atoms with Gasteiger partial charge in [0.05, 0.1) is 33.5 Å². The van der Waals surface area contributed by atoms with Gasteiger partial charge in [-0.05, 0) is 37.2 Å². The number of aliphatic hydroxyl groups excluding tert-OH is 1. The molecule has 1 rings (SSSR count). The minimum absolute atomic E-state index is 0.156. The quantitative estimate of drug-likeness (QED) is 0.596. The summed E-state index contributed by atoms with van der Waals surface area (Å²) in [5, 5.41) is 13.4. The average molecular weight is 354 g/mol. The van der Waals surface area contributed by atoms with Gasteiger partial charge >= 0.3 is 0 Å². The van der Waals surface area contributed by atoms with E-state index in [9.17, 15) is 5.11 Å². The number of aliphatic hydroxyl groups is 1. The molecule has 1 atom stereocenters. The largest absolute Gasteiger partial charge is 0.493 e. The van der Waals surface area contributed by atoms with Gasteiger partial charge in [-0.2, -0.15) is 0 Å². The number of hydrogen-bond donors (Lipinski definition) is 2. The van der Waals surface area contributed by atoms with Gasteiger partial charge in [-0.3, -0.25) is 0 Å². The van der Waals surface area contributed by atoms with Crippen LogP contribution in [0, 0.1) is 5.41 Å². The van der Waals surface area contributed by atoms with Gasteiger partial charge in [-0.1, -0.05) is 19.9 Å². The Hall–Kier alpha value is -1.34. The van der Waals surface area contributed by atoms with Crippen LogP contribution in [0.2, 0.25) is 0 Å². The van der Waals surface area contributed by atoms with Gasteiger partial charge in [-0.15, -0.1) is 0 Å². The molecule has 0 bridgehead atoms. The third-order valence-corrected chi connectivity index (χ3v) is 3.75. The molecule has 0 saturated heterocycles. The van der Waals surface area contributed by atoms with Crippen molar-refractivity contribution in [2.24, 2.45) is 5.41 Å². The van der Waals surface area contributed by atoms with Crippen molar-refractivity contribution in [3.05, 3.63) is 23.8 Å². The van der Waals surface area contributed by atoms with E-state index in [0.29, 0.717) is 24.7 Å². The molecule has 0 amide bonds. The topological polar surface area (TPSA) is 63.2 Å². The van der Waals surface area contributed by atoms with Crippen molar-refractivity contribution in [3.8, 4) is 11.5 Å². The molecule has 0 fully saturated rings. The summed E-state index contributed by atoms with van der Waals surface area (Å²) in [4.78, 5) is 2.17. The first-order chi connectivity index (χ1) is 11.8. The Balaban J connectivity index is 2.29. The van der Waals surface area contributed by atoms with E-state index < -0.39 is 6.10 Å². The van der Waals surface area contributed by atoms with Crippen molar-refractivity contribution in [3.63, 3.8) is 0 Å². The Kier molecular flexibility index (Phi) is 9.21. The predicted octanol–water partition coefficient (Wildman–Crippen LogP) is 1.76. The Bertz CT molecular complexity index is 506. The fourth-order valence-electron chi connectivity index (χ4n) is 2.83. The van der Waals surface area contributed by atoms with Crippen molar-refractivity contribution < 1.29 is 19.3 Å². The van der Waals surface area contributed by atoms with E-state index in [2.05, 4.69) is 38.2 Å². The maximum atomic E-state index is 10.0. The molecule has 2 N–H and O–H groups in total. The second-order valence-corrected chi connectivity index (χ2v) is 7.39. The van der Waals surface area contributed by atoms with Crippen LogP contribution in [-0.4, -0.2) is 70.7 Å². The highest BCUT2D eigenvalue weighted by Gasteiger charge is 2.18. The average Bonchev–Trinajstić information content (AvgIpc) is 2.53. The van der Waals surface area contributed by atoms with Crippen molar-refractivity contribution in [1.29, 1.82) is 0 Å². The Morgan fingerprint density at radius 3 is 2.44 bits per heavy atom. The van der Waals surface area contributed by atoms with E-state index in [0.717, 1.165) is 18.7 Å². The van der Waals surface area contributed by atoms with Gasteiger partial charge in [0.2, 0.25) is 0 Å². The lowest BCUT2D eigenvalue weighted by atomic mass is 9.93. The number of nitrogens with one attached hydrogen (secondary N) is 1. The van der Waals surface area contributed by atoms with Crippen LogP contribution in [0.25, 0.3) is 0 Å². The normalized spacial score (nSPS) is 13.1. The van der Waals surface area contributed by atoms with E-state index in [4.69, 9.17) is 14.2 Å². The first kappa shape index (κ1) is 21.7. The number of rotatable bonds is 12. The van der Waals surface area contributed by atoms with Gasteiger partial charge in [-0.25, -0.2) is 0 Å². The standard InChI is InChI=1S/C19H34N2O4/c1-19(2,14-21(3)4)13-20-10-16(22)12-25-11-15-7-8-17(23-5)18(9-15)24-6/h7-9,16,20,22H,10-14H2,1-6H3/t16-/m0/s1. The molecule has 0 aliphatic rings. The number of ether oxygens (including phenoxy) is 3. The fraction of sp³-hybridized carbons (Fsp3) is 0.684. The molecule has 0 radical (unpaired) electrons. The smallest absolute Gasteiger partial charge is 0.161 e. The van der Waals surface area contributed by atoms with Crippen molar-refractivity contribution >= 4 is 0 Å². The van der Waals surface area contributed by atoms with Crippen LogP contribution in [0.4, 0.5) is 0 Å². The van der Waals surface area contributed by atoms with Crippen LogP contribution in [-0.2, 0) is 11.3 Å². The highest BCUT2D eigenvalue weighted by Crippen LogP contribution is 2.27. The molecule has 6 nitrogen and oxygen atoms in total. The molecule has 0 aliphatic heterocycles. The summed E-state index contributed by atoms with van der Waals surface area (Å²) >= 11 is 0. The first-order valence-corrected chi connectivity index (χ1v) is 8.59. The highest BCUT2D eigenvalue weighted by atomic mass is 16.5. The van der Waals surface area contributed by atoms with Crippen molar-refractivity contribution in [2.45, 2.75) is 26.6 Å². The molecule has 1 aromatic rings. The van der Waals surface area contributed by atoms with Crippen LogP contribution in [0.15, 0.2) is 18.2 Å². The Labute approximate surface area is 152 Å². The zero-order valence-electron chi connectivity index (χ0n) is 16.5. The lowest BCUT2D eigenvalue weighted by Gasteiger charge is -2.29. The molecule has 0 unspecified atom stereocenters. The molecule has 144 valence electrons. The van der Waals surface area contributed by atoms with Gasteiger partial charge < -0.3 is 29.5 Å². The molecule has 25 heavy (non-hydrogen) atoms. The Morgan fingerprint density at radius 1 is 1.16 bits per heavy atom. The van der Waals surface area contributed by atoms with Crippen molar-refractivity contribution in [2.75, 3.05) is 54.6 Å². The maximum absolute atomic E-state index is 10.0. The maximum Gasteiger partial charge on any atom is 0.161 e. The molecule has 1 aromatic carbocycles. The second kappa shape index (κ2) is 10.6. The molecule has 0 aliphatic carbocycles. The molecular weight excluding hydrogens is 320 g/mol. The summed E-state index contributed by atoms with van der Waals surface area (Å²) in [6.07, 6.45) is -0.532. The summed E-state index contributed by atoms with van der Waals surface area (Å²) in [5.74, 6) is 1.37. The van der Waals surface area contributed by atoms with Gasteiger partial charge in [0.15, 0.2) is 11.5 Å². The van der Waals surface area contributed by atoms with Crippen LogP contribution in [0.5, 0.6) is 11.5 Å². The SMILES string of the molecule is COc1ccc(COC[C@@H](O)CNCC(C)(C)CN(C)C)cc1OC. The van der Waals surface area contributed by atoms with Gasteiger partial charge in [0, 0.05) is 19.6 Å². The van der Waals surface area contributed by atoms with Crippen LogP contribution >= 0.6 is 0 Å². The third-order valence-electron chi connectivity index (χ3n) is 3.75. The molecule has 0 heterocycles. The number of benzene rings is 1. The summed E-state index contributed by atoms with van der Waals surface area (Å²) < 4.78 is 16.1. The van der Waals surface area contributed by atoms with Crippen molar-refractivity contribution in [1.82, 2.24) is 10.2 Å². The summed E-state index contributed by atoms with van der Waals surface area (Å²) in [6.45, 7) is 7.48. The predicted molar refractivity (Wildman–Crippen MR) is 100 cm³/mol. The minimum Gasteiger partial charge on any atom is -0.493 e. The monoisotopic (exact) mass is 354 g/mol. The summed E-state index contributed by atoms with van der Waals surface area (Å²) in [5.41, 5.74) is 1.13. The van der Waals surface area contributed by atoms with E-state index in [1.165, 1.54) is 0 Å². The summed E-state index contributed by atoms with van der Waals surface area (Å²) in [7, 11) is 7.35. The van der Waals surface area contributed by atoms with Crippen LogP contribution in [0.3, 0.4) is 0 Å². The molecule has 0 spiro atoms. The highest BCUT2D eigenvalue weighted by molar-refractivity contribution is 5.42. The summed E-state index contributed by atoms with van der Waals surface area (Å²) in [6, 6.07) is 5.66. The second-order valence-electron chi connectivity index (χ2n) is 7.39. The van der Waals surface area contributed by atoms with Gasteiger partial charge in [0.1, 0.15) is 0 Å². The zero-order chi connectivity index (χ0) is 18.9. The number of methoxy groups -OCH3 is 2. The zero-order valence-corrected chi connectivity index (χ0v) is 16.5. The van der Waals surface area contributed by atoms with Crippen LogP contribution in [0.1, 0.15) is 19.4 Å². The minimum atomic E-state index is -0.532. The van der Waals surface area contributed by atoms with E-state index in [1.807, 2.05) is 18.2 Å². The van der Waals surface area contributed by atoms with E-state index >= 15 is 0 Å². The van der Waals surface area contributed by atoms with E-state index in [-0.39, 0.29) is 12.0 Å². The molecular formula is C19H34N2O4. The molecule has 0 saturated carbocycles. The van der Waals surface area contributed by atoms with Crippen LogP contribution < -0.4 is 14.8 Å².